The van der Waals surface area contributed by atoms with Gasteiger partial charge in [0.25, 0.3) is 0 Å². The molecule has 5 aromatic rings. The molecule has 0 saturated heterocycles. The van der Waals surface area contributed by atoms with Gasteiger partial charge in [-0.3, -0.25) is 10.1 Å². The first-order valence-electron chi connectivity index (χ1n) is 11.2. The molecule has 2 heterocycles. The molecule has 0 spiro atoms. The van der Waals surface area contributed by atoms with Crippen molar-refractivity contribution >= 4 is 80.8 Å². The molecule has 0 fully saturated rings. The second-order valence-corrected chi connectivity index (χ2v) is 9.97. The molecule has 0 radical (unpaired) electrons. The van der Waals surface area contributed by atoms with Crippen LogP contribution in [0.2, 0.25) is 15.1 Å². The third-order valence-electron chi connectivity index (χ3n) is 5.39. The van der Waals surface area contributed by atoms with Crippen molar-refractivity contribution < 1.29 is 9.21 Å². The number of amides is 1. The van der Waals surface area contributed by atoms with Crippen LogP contribution in [0.4, 0.5) is 5.69 Å². The quantitative estimate of drug-likeness (QED) is 0.165. The van der Waals surface area contributed by atoms with Gasteiger partial charge in [0.15, 0.2) is 5.11 Å². The van der Waals surface area contributed by atoms with E-state index in [0.29, 0.717) is 43.3 Å². The average molecular weight is 583 g/mol. The number of carbonyl (C=O) groups is 1. The fourth-order valence-electron chi connectivity index (χ4n) is 3.59. The highest BCUT2D eigenvalue weighted by atomic mass is 35.5. The number of furan rings is 1. The molecule has 0 atom stereocenters. The summed E-state index contributed by atoms with van der Waals surface area (Å²) in [5, 5.41) is 16.0. The molecular formula is C27H18Cl3N5O2S. The second-order valence-electron chi connectivity index (χ2n) is 8.28. The minimum absolute atomic E-state index is 0.0699. The largest absolute Gasteiger partial charge is 0.457 e. The fraction of sp³-hybridized carbons (Fsp3) is 0.0370. The highest BCUT2D eigenvalue weighted by Gasteiger charge is 2.12. The van der Waals surface area contributed by atoms with Crippen molar-refractivity contribution in [1.29, 1.82) is 0 Å². The number of fused-ring (bicyclic) bond motifs is 1. The van der Waals surface area contributed by atoms with E-state index in [0.717, 1.165) is 16.8 Å². The summed E-state index contributed by atoms with van der Waals surface area (Å²) >= 11 is 23.8. The van der Waals surface area contributed by atoms with Gasteiger partial charge in [0.05, 0.1) is 16.4 Å². The van der Waals surface area contributed by atoms with Crippen LogP contribution in [0.15, 0.2) is 77.2 Å². The van der Waals surface area contributed by atoms with Crippen LogP contribution in [0.25, 0.3) is 34.1 Å². The third kappa shape index (κ3) is 6.06. The minimum atomic E-state index is -0.450. The summed E-state index contributed by atoms with van der Waals surface area (Å²) in [7, 11) is 0. The molecule has 1 amide bonds. The van der Waals surface area contributed by atoms with Gasteiger partial charge in [0, 0.05) is 21.7 Å². The van der Waals surface area contributed by atoms with Crippen molar-refractivity contribution in [1.82, 2.24) is 20.3 Å². The monoisotopic (exact) mass is 581 g/mol. The normalized spacial score (nSPS) is 11.3. The van der Waals surface area contributed by atoms with Gasteiger partial charge in [-0.15, -0.1) is 10.2 Å². The van der Waals surface area contributed by atoms with Gasteiger partial charge >= 0.3 is 0 Å². The van der Waals surface area contributed by atoms with Crippen LogP contribution in [0.5, 0.6) is 0 Å². The summed E-state index contributed by atoms with van der Waals surface area (Å²) in [6, 6.07) is 19.8. The molecule has 0 unspecified atom stereocenters. The Morgan fingerprint density at radius 2 is 1.63 bits per heavy atom. The molecule has 11 heteroatoms. The number of thiocarbonyl (C=S) groups is 1. The number of anilines is 1. The Labute approximate surface area is 238 Å². The van der Waals surface area contributed by atoms with E-state index in [2.05, 4.69) is 20.8 Å². The highest BCUT2D eigenvalue weighted by molar-refractivity contribution is 7.80. The van der Waals surface area contributed by atoms with Gasteiger partial charge < -0.3 is 9.73 Å². The number of hydrogen-bond acceptors (Lipinski definition) is 5. The number of halogens is 3. The van der Waals surface area contributed by atoms with Crippen molar-refractivity contribution in [2.45, 2.75) is 6.92 Å². The standard InChI is InChI=1S/C27H18Cl3N5O2S/c1-15-2-4-19(5-3-15)35-33-23-13-21(30)22(14-24(23)34-35)31-27(38)32-26(36)9-7-20-6-8-25(37-20)16-10-17(28)12-18(29)11-16/h2-14H,1H3,(H2,31,32,36,38)/b9-7+. The summed E-state index contributed by atoms with van der Waals surface area (Å²) in [6.45, 7) is 2.01. The van der Waals surface area contributed by atoms with Gasteiger partial charge in [0.2, 0.25) is 5.91 Å². The Hall–Kier alpha value is -3.69. The predicted octanol–water partition coefficient (Wildman–Crippen LogP) is 7.48. The number of aromatic nitrogens is 3. The van der Waals surface area contributed by atoms with Crippen LogP contribution in [-0.4, -0.2) is 26.0 Å². The highest BCUT2D eigenvalue weighted by Crippen LogP contribution is 2.29. The van der Waals surface area contributed by atoms with E-state index < -0.39 is 5.91 Å². The summed E-state index contributed by atoms with van der Waals surface area (Å²) < 4.78 is 5.76. The van der Waals surface area contributed by atoms with Gasteiger partial charge in [-0.2, -0.15) is 4.80 Å². The van der Waals surface area contributed by atoms with Crippen LogP contribution in [0.1, 0.15) is 11.3 Å². The van der Waals surface area contributed by atoms with Crippen LogP contribution >= 0.6 is 47.0 Å². The lowest BCUT2D eigenvalue weighted by molar-refractivity contribution is -0.115. The first-order valence-corrected chi connectivity index (χ1v) is 12.8. The fourth-order valence-corrected chi connectivity index (χ4v) is 4.53. The molecule has 190 valence electrons. The number of rotatable bonds is 5. The zero-order valence-electron chi connectivity index (χ0n) is 19.7. The number of benzene rings is 3. The SMILES string of the molecule is Cc1ccc(-n2nc3cc(Cl)c(NC(=S)NC(=O)/C=C/c4ccc(-c5cc(Cl)cc(Cl)c5)o4)cc3n2)cc1. The van der Waals surface area contributed by atoms with Gasteiger partial charge in [0.1, 0.15) is 22.6 Å². The lowest BCUT2D eigenvalue weighted by Gasteiger charge is -2.09. The van der Waals surface area contributed by atoms with E-state index in [4.69, 9.17) is 51.4 Å². The maximum absolute atomic E-state index is 12.4. The first-order chi connectivity index (χ1) is 18.2. The Bertz CT molecular complexity index is 1690. The van der Waals surface area contributed by atoms with Gasteiger partial charge in [-0.05, 0) is 79.8 Å². The maximum Gasteiger partial charge on any atom is 0.250 e. The summed E-state index contributed by atoms with van der Waals surface area (Å²) in [4.78, 5) is 13.9. The van der Waals surface area contributed by atoms with E-state index >= 15 is 0 Å². The zero-order chi connectivity index (χ0) is 26.8. The molecule has 0 aliphatic heterocycles. The van der Waals surface area contributed by atoms with Crippen molar-refractivity contribution in [3.05, 3.63) is 99.2 Å². The molecule has 0 aliphatic rings. The second kappa shape index (κ2) is 11.0. The number of carbonyl (C=O) groups excluding carboxylic acids is 1. The number of nitrogens with zero attached hydrogens (tertiary/aromatic N) is 3. The van der Waals surface area contributed by atoms with Gasteiger partial charge in [-0.1, -0.05) is 52.5 Å². The van der Waals surface area contributed by atoms with Crippen LogP contribution in [-0.2, 0) is 4.79 Å². The van der Waals surface area contributed by atoms with Crippen LogP contribution in [0, 0.1) is 6.92 Å². The summed E-state index contributed by atoms with van der Waals surface area (Å²) in [6.07, 6.45) is 2.83. The van der Waals surface area contributed by atoms with E-state index in [1.807, 2.05) is 31.2 Å². The van der Waals surface area contributed by atoms with Crippen molar-refractivity contribution in [2.24, 2.45) is 0 Å². The molecule has 3 aromatic carbocycles. The Morgan fingerprint density at radius 3 is 2.34 bits per heavy atom. The molecule has 0 aliphatic carbocycles. The number of hydrogen-bond donors (Lipinski definition) is 2. The molecule has 5 rings (SSSR count). The van der Waals surface area contributed by atoms with Crippen molar-refractivity contribution in [3.63, 3.8) is 0 Å². The molecule has 7 nitrogen and oxygen atoms in total. The average Bonchev–Trinajstić information content (AvgIpc) is 3.50. The van der Waals surface area contributed by atoms with Crippen molar-refractivity contribution in [2.75, 3.05) is 5.32 Å². The summed E-state index contributed by atoms with van der Waals surface area (Å²) in [5.74, 6) is 0.583. The molecular weight excluding hydrogens is 565 g/mol. The van der Waals surface area contributed by atoms with E-state index in [-0.39, 0.29) is 5.11 Å². The Balaban J connectivity index is 1.23. The predicted molar refractivity (Wildman–Crippen MR) is 156 cm³/mol. The van der Waals surface area contributed by atoms with Gasteiger partial charge in [-0.25, -0.2) is 0 Å². The Morgan fingerprint density at radius 1 is 0.947 bits per heavy atom. The molecule has 38 heavy (non-hydrogen) atoms. The smallest absolute Gasteiger partial charge is 0.250 e. The third-order valence-corrected chi connectivity index (χ3v) is 6.35. The Kier molecular flexibility index (Phi) is 7.49. The molecule has 2 N–H and O–H groups in total. The van der Waals surface area contributed by atoms with E-state index in [1.165, 1.54) is 16.9 Å². The van der Waals surface area contributed by atoms with Crippen LogP contribution < -0.4 is 10.6 Å². The lowest BCUT2D eigenvalue weighted by Crippen LogP contribution is -2.32. The number of nitrogens with one attached hydrogen (secondary N) is 2. The zero-order valence-corrected chi connectivity index (χ0v) is 22.8. The maximum atomic E-state index is 12.4. The van der Waals surface area contributed by atoms with Crippen molar-refractivity contribution in [3.8, 4) is 17.0 Å². The topological polar surface area (TPSA) is 85.0 Å². The summed E-state index contributed by atoms with van der Waals surface area (Å²) in [5.41, 5.74) is 4.41. The molecule has 0 bridgehead atoms. The van der Waals surface area contributed by atoms with E-state index in [1.54, 1.807) is 42.5 Å². The first kappa shape index (κ1) is 25.9. The number of aryl methyl sites for hydroxylation is 1. The van der Waals surface area contributed by atoms with E-state index in [9.17, 15) is 4.79 Å². The van der Waals surface area contributed by atoms with Crippen LogP contribution in [0.3, 0.4) is 0 Å². The minimum Gasteiger partial charge on any atom is -0.457 e. The lowest BCUT2D eigenvalue weighted by atomic mass is 10.2. The molecule has 0 saturated carbocycles. The molecule has 2 aromatic heterocycles.